The van der Waals surface area contributed by atoms with Crippen LogP contribution in [0, 0.1) is 13.8 Å². The average Bonchev–Trinajstić information content (AvgIpc) is 2.37. The molecule has 2 aromatic carbocycles. The predicted octanol–water partition coefficient (Wildman–Crippen LogP) is 3.54. The molecule has 0 radical (unpaired) electrons. The molecular weight excluding hydrogens is 338 g/mol. The molecule has 1 N–H and O–H groups in total. The van der Waals surface area contributed by atoms with Crippen LogP contribution in [0.5, 0.6) is 0 Å². The topological polar surface area (TPSA) is 46.2 Å². The summed E-state index contributed by atoms with van der Waals surface area (Å²) in [6, 6.07) is 12.9. The first kappa shape index (κ1) is 15.2. The fourth-order valence-corrected chi connectivity index (χ4v) is 3.99. The van der Waals surface area contributed by atoms with E-state index in [-0.39, 0.29) is 11.4 Å². The van der Waals surface area contributed by atoms with Gasteiger partial charge in [0.25, 0.3) is 0 Å². The Kier molecular flexibility index (Phi) is 4.62. The molecule has 0 bridgehead atoms. The van der Waals surface area contributed by atoms with Gasteiger partial charge in [-0.3, -0.25) is 0 Å². The number of nitrogens with one attached hydrogen (secondary N) is 1. The molecule has 2 aromatic rings. The highest BCUT2D eigenvalue weighted by Gasteiger charge is 2.17. The first-order valence-corrected chi connectivity index (χ1v) is 8.47. The monoisotopic (exact) mass is 353 g/mol. The fraction of sp³-hybridized carbons (Fsp3) is 0.200. The zero-order chi connectivity index (χ0) is 14.8. The Labute approximate surface area is 128 Å². The third kappa shape index (κ3) is 3.69. The van der Waals surface area contributed by atoms with Crippen LogP contribution < -0.4 is 4.72 Å². The maximum Gasteiger partial charge on any atom is 0.241 e. The molecule has 0 spiro atoms. The lowest BCUT2D eigenvalue weighted by Gasteiger charge is -2.09. The van der Waals surface area contributed by atoms with E-state index < -0.39 is 10.0 Å². The van der Waals surface area contributed by atoms with Crippen LogP contribution in [-0.2, 0) is 16.6 Å². The van der Waals surface area contributed by atoms with Gasteiger partial charge < -0.3 is 0 Å². The van der Waals surface area contributed by atoms with Crippen LogP contribution in [0.1, 0.15) is 16.7 Å². The number of sulfonamides is 1. The Morgan fingerprint density at radius 2 is 1.60 bits per heavy atom. The number of aryl methyl sites for hydroxylation is 2. The molecular formula is C15H16BrNO2S. The van der Waals surface area contributed by atoms with E-state index in [0.29, 0.717) is 4.47 Å². The molecule has 0 amide bonds. The third-order valence-corrected chi connectivity index (χ3v) is 5.34. The first-order chi connectivity index (χ1) is 9.38. The van der Waals surface area contributed by atoms with Crippen molar-refractivity contribution in [1.82, 2.24) is 4.72 Å². The summed E-state index contributed by atoms with van der Waals surface area (Å²) in [6.07, 6.45) is 0. The Bertz CT molecular complexity index is 709. The Morgan fingerprint density at radius 3 is 2.20 bits per heavy atom. The van der Waals surface area contributed by atoms with Crippen molar-refractivity contribution in [3.8, 4) is 0 Å². The van der Waals surface area contributed by atoms with Gasteiger partial charge in [0.1, 0.15) is 0 Å². The second kappa shape index (κ2) is 6.08. The van der Waals surface area contributed by atoms with Crippen LogP contribution in [0.25, 0.3) is 0 Å². The normalized spacial score (nSPS) is 11.6. The molecule has 0 saturated heterocycles. The summed E-state index contributed by atoms with van der Waals surface area (Å²) in [5, 5.41) is 0. The number of benzene rings is 2. The fourth-order valence-electron chi connectivity index (χ4n) is 1.79. The van der Waals surface area contributed by atoms with E-state index in [1.54, 1.807) is 18.2 Å². The quantitative estimate of drug-likeness (QED) is 0.913. The van der Waals surface area contributed by atoms with Crippen molar-refractivity contribution >= 4 is 26.0 Å². The van der Waals surface area contributed by atoms with E-state index in [1.165, 1.54) is 0 Å². The van der Waals surface area contributed by atoms with Crippen LogP contribution >= 0.6 is 15.9 Å². The van der Waals surface area contributed by atoms with E-state index in [9.17, 15) is 8.42 Å². The maximum absolute atomic E-state index is 12.3. The maximum atomic E-state index is 12.3. The molecule has 20 heavy (non-hydrogen) atoms. The van der Waals surface area contributed by atoms with Crippen LogP contribution in [0.4, 0.5) is 0 Å². The van der Waals surface area contributed by atoms with Gasteiger partial charge in [-0.05, 0) is 53.0 Å². The van der Waals surface area contributed by atoms with Crippen molar-refractivity contribution in [3.63, 3.8) is 0 Å². The minimum absolute atomic E-state index is 0.259. The van der Waals surface area contributed by atoms with E-state index in [4.69, 9.17) is 0 Å². The second-order valence-corrected chi connectivity index (χ2v) is 7.33. The SMILES string of the molecule is Cc1ccc(CNS(=O)(=O)c2ccc(C)cc2Br)cc1. The zero-order valence-corrected chi connectivity index (χ0v) is 13.8. The largest absolute Gasteiger partial charge is 0.241 e. The molecule has 0 unspecified atom stereocenters. The predicted molar refractivity (Wildman–Crippen MR) is 84.1 cm³/mol. The highest BCUT2D eigenvalue weighted by Crippen LogP contribution is 2.23. The lowest BCUT2D eigenvalue weighted by Crippen LogP contribution is -2.23. The van der Waals surface area contributed by atoms with Crippen LogP contribution in [0.2, 0.25) is 0 Å². The molecule has 0 aliphatic carbocycles. The van der Waals surface area contributed by atoms with Crippen molar-refractivity contribution in [2.24, 2.45) is 0 Å². The lowest BCUT2D eigenvalue weighted by molar-refractivity contribution is 0.581. The molecule has 0 aliphatic heterocycles. The van der Waals surface area contributed by atoms with E-state index in [2.05, 4.69) is 20.7 Å². The molecule has 3 nitrogen and oxygen atoms in total. The molecule has 106 valence electrons. The van der Waals surface area contributed by atoms with Crippen LogP contribution in [-0.4, -0.2) is 8.42 Å². The van der Waals surface area contributed by atoms with Crippen molar-refractivity contribution in [3.05, 3.63) is 63.6 Å². The molecule has 0 saturated carbocycles. The Morgan fingerprint density at radius 1 is 1.00 bits per heavy atom. The first-order valence-electron chi connectivity index (χ1n) is 6.20. The summed E-state index contributed by atoms with van der Waals surface area (Å²) < 4.78 is 27.7. The average molecular weight is 354 g/mol. The van der Waals surface area contributed by atoms with Gasteiger partial charge in [-0.25, -0.2) is 13.1 Å². The molecule has 0 aromatic heterocycles. The van der Waals surface area contributed by atoms with Gasteiger partial charge in [0, 0.05) is 11.0 Å². The van der Waals surface area contributed by atoms with Gasteiger partial charge in [-0.2, -0.15) is 0 Å². The molecule has 5 heteroatoms. The van der Waals surface area contributed by atoms with E-state index in [1.807, 2.05) is 38.1 Å². The summed E-state index contributed by atoms with van der Waals surface area (Å²) in [5.41, 5.74) is 3.09. The minimum Gasteiger partial charge on any atom is -0.207 e. The van der Waals surface area contributed by atoms with Gasteiger partial charge in [0.15, 0.2) is 0 Å². The molecule has 0 fully saturated rings. The highest BCUT2D eigenvalue weighted by atomic mass is 79.9. The summed E-state index contributed by atoms with van der Waals surface area (Å²) >= 11 is 3.30. The van der Waals surface area contributed by atoms with Crippen LogP contribution in [0.15, 0.2) is 51.8 Å². The Hall–Kier alpha value is -1.17. The van der Waals surface area contributed by atoms with Crippen molar-refractivity contribution in [1.29, 1.82) is 0 Å². The van der Waals surface area contributed by atoms with Gasteiger partial charge in [-0.1, -0.05) is 35.9 Å². The summed E-state index contributed by atoms with van der Waals surface area (Å²) in [5.74, 6) is 0. The van der Waals surface area contributed by atoms with E-state index in [0.717, 1.165) is 16.7 Å². The highest BCUT2D eigenvalue weighted by molar-refractivity contribution is 9.10. The van der Waals surface area contributed by atoms with Gasteiger partial charge >= 0.3 is 0 Å². The minimum atomic E-state index is -3.51. The summed E-state index contributed by atoms with van der Waals surface area (Å²) in [6.45, 7) is 4.20. The number of hydrogen-bond acceptors (Lipinski definition) is 2. The summed E-state index contributed by atoms with van der Waals surface area (Å²) in [7, 11) is -3.51. The van der Waals surface area contributed by atoms with Gasteiger partial charge in [-0.15, -0.1) is 0 Å². The number of halogens is 1. The number of hydrogen-bond donors (Lipinski definition) is 1. The smallest absolute Gasteiger partial charge is 0.207 e. The van der Waals surface area contributed by atoms with Gasteiger partial charge in [0.05, 0.1) is 4.90 Å². The summed E-state index contributed by atoms with van der Waals surface area (Å²) in [4.78, 5) is 0.259. The third-order valence-electron chi connectivity index (χ3n) is 2.96. The standard InChI is InChI=1S/C15H16BrNO2S/c1-11-3-6-13(7-4-11)10-17-20(18,19)15-8-5-12(2)9-14(15)16/h3-9,17H,10H2,1-2H3. The van der Waals surface area contributed by atoms with Crippen molar-refractivity contribution in [2.75, 3.05) is 0 Å². The van der Waals surface area contributed by atoms with Crippen molar-refractivity contribution < 1.29 is 8.42 Å². The lowest BCUT2D eigenvalue weighted by atomic mass is 10.2. The van der Waals surface area contributed by atoms with Crippen molar-refractivity contribution in [2.45, 2.75) is 25.3 Å². The molecule has 0 heterocycles. The Balaban J connectivity index is 2.17. The molecule has 0 aliphatic rings. The number of rotatable bonds is 4. The molecule has 0 atom stereocenters. The molecule has 2 rings (SSSR count). The van der Waals surface area contributed by atoms with Crippen LogP contribution in [0.3, 0.4) is 0 Å². The van der Waals surface area contributed by atoms with Gasteiger partial charge in [0.2, 0.25) is 10.0 Å². The zero-order valence-electron chi connectivity index (χ0n) is 11.4. The second-order valence-electron chi connectivity index (χ2n) is 4.74. The van der Waals surface area contributed by atoms with E-state index >= 15 is 0 Å².